The molecule has 2 nitrogen and oxygen atoms in total. The maximum absolute atomic E-state index is 2.46. The molecule has 0 bridgehead atoms. The summed E-state index contributed by atoms with van der Waals surface area (Å²) in [4.78, 5) is 4.83. The smallest absolute Gasteiger partial charge is 0.0465 e. The summed E-state index contributed by atoms with van der Waals surface area (Å²) in [6, 6.07) is 187. The molecule has 0 heterocycles. The molecule has 0 saturated heterocycles. The lowest BCUT2D eigenvalue weighted by Gasteiger charge is -2.28. The minimum Gasteiger partial charge on any atom is -0.310 e. The van der Waals surface area contributed by atoms with E-state index in [0.29, 0.717) is 0 Å². The summed E-state index contributed by atoms with van der Waals surface area (Å²) in [5, 5.41) is 12.7. The van der Waals surface area contributed by atoms with Gasteiger partial charge in [0.05, 0.1) is 0 Å². The van der Waals surface area contributed by atoms with Crippen LogP contribution in [0, 0.1) is 0 Å². The van der Waals surface area contributed by atoms with Gasteiger partial charge in [-0.3, -0.25) is 0 Å². The lowest BCUT2D eigenvalue weighted by Crippen LogP contribution is -2.16. The highest BCUT2D eigenvalue weighted by Crippen LogP contribution is 2.55. The fraction of sp³-hybridized carbons (Fsp3) is 0.0448. The minimum absolute atomic E-state index is 0.204. The van der Waals surface area contributed by atoms with Crippen LogP contribution in [0.15, 0.2) is 510 Å². The Morgan fingerprint density at radius 3 is 0.684 bits per heavy atom. The predicted octanol–water partition coefficient (Wildman–Crippen LogP) is 37.4. The van der Waals surface area contributed by atoms with Crippen LogP contribution in [0.4, 0.5) is 34.1 Å². The van der Waals surface area contributed by atoms with Crippen molar-refractivity contribution in [3.05, 3.63) is 532 Å². The van der Waals surface area contributed by atoms with Gasteiger partial charge in [-0.1, -0.05) is 446 Å². The maximum atomic E-state index is 2.46. The van der Waals surface area contributed by atoms with E-state index < -0.39 is 0 Å². The third kappa shape index (κ3) is 15.0. The summed E-state index contributed by atoms with van der Waals surface area (Å²) < 4.78 is 0. The summed E-state index contributed by atoms with van der Waals surface area (Å²) in [6.45, 7) is 9.56. The van der Waals surface area contributed by atoms with Crippen molar-refractivity contribution in [2.75, 3.05) is 9.80 Å². The van der Waals surface area contributed by atoms with Crippen molar-refractivity contribution in [3.8, 4) is 134 Å². The van der Waals surface area contributed by atoms with Crippen LogP contribution >= 0.6 is 0 Å². The number of hydrogen-bond acceptors (Lipinski definition) is 2. The number of hydrogen-bond donors (Lipinski definition) is 0. The molecule has 23 aromatic rings. The van der Waals surface area contributed by atoms with Gasteiger partial charge in [0.2, 0.25) is 0 Å². The van der Waals surface area contributed by atoms with E-state index in [1.807, 2.05) is 0 Å². The summed E-state index contributed by atoms with van der Waals surface area (Å²) in [5.74, 6) is 0. The van der Waals surface area contributed by atoms with Crippen molar-refractivity contribution in [1.29, 1.82) is 0 Å². The topological polar surface area (TPSA) is 6.48 Å². The van der Waals surface area contributed by atoms with Gasteiger partial charge < -0.3 is 9.80 Å². The van der Waals surface area contributed by atoms with E-state index in [1.54, 1.807) is 0 Å². The molecule has 0 unspecified atom stereocenters. The molecule has 0 spiro atoms. The van der Waals surface area contributed by atoms with E-state index in [9.17, 15) is 0 Å². The van der Waals surface area contributed by atoms with Crippen molar-refractivity contribution in [2.45, 2.75) is 38.5 Å². The highest BCUT2D eigenvalue weighted by molar-refractivity contribution is 6.14. The van der Waals surface area contributed by atoms with Gasteiger partial charge in [-0.05, 0) is 301 Å². The number of benzene rings is 23. The second-order valence-corrected chi connectivity index (χ2v) is 37.4. The number of anilines is 6. The zero-order chi connectivity index (χ0) is 91.0. The minimum atomic E-state index is -0.229. The standard InChI is InChI=1S/C69H49N.C65H47N/c1-69(2)67-44-55(66-43-54-16-7-9-19-61(54)62-20-10-11-21-63(62)66)35-41-64(67)65-42-40-58(45-68(65)69)70(56-36-31-50(32-37-56)48-25-23-47(24-26-48)46-13-4-3-5-14-46)57-38-33-51(34-39-57)49-27-29-53(30-28-49)60-22-12-17-52-15-6-8-18-59(52)60;1-65(2)63-42-53(60-21-11-17-51-15-7-9-19-58(51)60)34-40-61(63)62-41-39-56(43-64(62)65)66(54-35-30-48(31-36-54)46-24-22-45(23-25-46)44-12-4-3-5-13-44)55-37-32-49(33-38-55)47-26-28-52(29-27-47)59-20-10-16-50-14-6-8-18-57(50)59/h3-45H,1-2H3;3-43H,1-2H3. The molecule has 0 fully saturated rings. The first-order valence-electron chi connectivity index (χ1n) is 47.4. The van der Waals surface area contributed by atoms with Gasteiger partial charge in [0.1, 0.15) is 0 Å². The molecule has 0 aliphatic heterocycles. The highest BCUT2D eigenvalue weighted by Gasteiger charge is 2.39. The molecule has 0 radical (unpaired) electrons. The summed E-state index contributed by atoms with van der Waals surface area (Å²) in [6.07, 6.45) is 0. The van der Waals surface area contributed by atoms with Crippen LogP contribution in [0.3, 0.4) is 0 Å². The Hall–Kier alpha value is -17.0. The van der Waals surface area contributed by atoms with Crippen molar-refractivity contribution in [2.24, 2.45) is 0 Å². The number of nitrogens with zero attached hydrogens (tertiary/aromatic N) is 2. The average Bonchev–Trinajstić information content (AvgIpc) is 1.57. The fourth-order valence-electron chi connectivity index (χ4n) is 21.6. The Kier molecular flexibility index (Phi) is 20.7. The van der Waals surface area contributed by atoms with Crippen LogP contribution < -0.4 is 9.80 Å². The summed E-state index contributed by atoms with van der Waals surface area (Å²) in [5.41, 5.74) is 41.3. The monoisotopic (exact) mass is 1730 g/mol. The number of fused-ring (bicyclic) bond motifs is 12. The quantitative estimate of drug-likeness (QED) is 0.0890. The molecule has 0 atom stereocenters. The molecule has 642 valence electrons. The molecule has 2 aliphatic rings. The molecular formula is C134H96N2. The van der Waals surface area contributed by atoms with Crippen LogP contribution in [-0.2, 0) is 10.8 Å². The highest BCUT2D eigenvalue weighted by atomic mass is 15.1. The molecule has 2 aliphatic carbocycles. The molecule has 0 aromatic heterocycles. The third-order valence-corrected chi connectivity index (χ3v) is 28.8. The van der Waals surface area contributed by atoms with Crippen LogP contribution in [0.5, 0.6) is 0 Å². The average molecular weight is 1730 g/mol. The van der Waals surface area contributed by atoms with E-state index in [-0.39, 0.29) is 10.8 Å². The van der Waals surface area contributed by atoms with Crippen molar-refractivity contribution < 1.29 is 0 Å². The Bertz CT molecular complexity index is 8470. The van der Waals surface area contributed by atoms with Gasteiger partial charge in [0.25, 0.3) is 0 Å². The molecule has 136 heavy (non-hydrogen) atoms. The van der Waals surface area contributed by atoms with E-state index >= 15 is 0 Å². The molecule has 23 aromatic carbocycles. The molecule has 25 rings (SSSR count). The summed E-state index contributed by atoms with van der Waals surface area (Å²) >= 11 is 0. The predicted molar refractivity (Wildman–Crippen MR) is 579 cm³/mol. The van der Waals surface area contributed by atoms with Crippen molar-refractivity contribution in [1.82, 2.24) is 0 Å². The zero-order valence-corrected chi connectivity index (χ0v) is 76.4. The van der Waals surface area contributed by atoms with Gasteiger partial charge in [0, 0.05) is 45.0 Å². The normalized spacial score (nSPS) is 12.5. The lowest BCUT2D eigenvalue weighted by molar-refractivity contribution is 0.660. The third-order valence-electron chi connectivity index (χ3n) is 28.8. The first-order valence-corrected chi connectivity index (χ1v) is 47.4. The van der Waals surface area contributed by atoms with Crippen LogP contribution in [0.2, 0.25) is 0 Å². The van der Waals surface area contributed by atoms with E-state index in [0.717, 1.165) is 34.1 Å². The first-order chi connectivity index (χ1) is 66.9. The summed E-state index contributed by atoms with van der Waals surface area (Å²) in [7, 11) is 0. The lowest BCUT2D eigenvalue weighted by atomic mass is 9.81. The fourth-order valence-corrected chi connectivity index (χ4v) is 21.6. The van der Waals surface area contributed by atoms with Crippen LogP contribution in [-0.4, -0.2) is 0 Å². The van der Waals surface area contributed by atoms with Gasteiger partial charge in [-0.15, -0.1) is 0 Å². The number of rotatable bonds is 16. The Morgan fingerprint density at radius 1 is 0.125 bits per heavy atom. The zero-order valence-electron chi connectivity index (χ0n) is 76.4. The Morgan fingerprint density at radius 2 is 0.346 bits per heavy atom. The molecule has 2 heteroatoms. The Balaban J connectivity index is 0.000000149. The largest absolute Gasteiger partial charge is 0.310 e. The van der Waals surface area contributed by atoms with Gasteiger partial charge in [-0.2, -0.15) is 0 Å². The molecule has 0 amide bonds. The molecule has 0 saturated carbocycles. The van der Waals surface area contributed by atoms with Crippen LogP contribution in [0.25, 0.3) is 187 Å². The second kappa shape index (κ2) is 34.3. The van der Waals surface area contributed by atoms with Crippen molar-refractivity contribution >= 4 is 88.0 Å². The van der Waals surface area contributed by atoms with Gasteiger partial charge >= 0.3 is 0 Å². The SMILES string of the molecule is CC1(C)c2cc(-c3cc4ccccc4c4ccccc34)ccc2-c2ccc(N(c3ccc(-c4ccc(-c5ccccc5)cc4)cc3)c3ccc(-c4ccc(-c5cccc6ccccc56)cc4)cc3)cc21.CC1(C)c2cc(-c3cccc4ccccc34)ccc2-c2ccc(N(c3ccc(-c4ccc(-c5ccccc5)cc4)cc3)c3ccc(-c4ccc(-c5cccc6ccccc56)cc4)cc3)cc21. The Labute approximate surface area is 796 Å². The first kappa shape index (κ1) is 82.1. The molecule has 0 N–H and O–H groups in total. The maximum Gasteiger partial charge on any atom is 0.0465 e. The van der Waals surface area contributed by atoms with Gasteiger partial charge in [-0.25, -0.2) is 0 Å². The van der Waals surface area contributed by atoms with E-state index in [2.05, 4.69) is 547 Å². The van der Waals surface area contributed by atoms with Crippen molar-refractivity contribution in [3.63, 3.8) is 0 Å². The van der Waals surface area contributed by atoms with Gasteiger partial charge in [0.15, 0.2) is 0 Å². The van der Waals surface area contributed by atoms with E-state index in [4.69, 9.17) is 0 Å². The molecular weight excluding hydrogens is 1640 g/mol. The van der Waals surface area contributed by atoms with Crippen LogP contribution in [0.1, 0.15) is 49.9 Å². The second-order valence-electron chi connectivity index (χ2n) is 37.4. The van der Waals surface area contributed by atoms with E-state index in [1.165, 1.54) is 210 Å².